The molecule has 2 aliphatic rings. The van der Waals surface area contributed by atoms with Crippen LogP contribution in [-0.2, 0) is 14.3 Å². The molecule has 182 valence electrons. The lowest BCUT2D eigenvalue weighted by atomic mass is 9.96. The first-order valence-corrected chi connectivity index (χ1v) is 11.5. The van der Waals surface area contributed by atoms with Crippen LogP contribution in [-0.4, -0.2) is 91.9 Å². The van der Waals surface area contributed by atoms with Crippen molar-refractivity contribution >= 4 is 23.4 Å². The number of pyridine rings is 1. The van der Waals surface area contributed by atoms with Gasteiger partial charge in [-0.2, -0.15) is 0 Å². The van der Waals surface area contributed by atoms with Crippen molar-refractivity contribution in [2.45, 2.75) is 12.0 Å². The molecule has 2 fully saturated rings. The van der Waals surface area contributed by atoms with E-state index in [0.29, 0.717) is 55.1 Å². The summed E-state index contributed by atoms with van der Waals surface area (Å²) in [6.45, 7) is 3.05. The molecule has 1 atom stereocenters. The van der Waals surface area contributed by atoms with Crippen LogP contribution in [0.4, 0.5) is 0 Å². The molecule has 1 aromatic carbocycles. The number of aromatic nitrogens is 1. The van der Waals surface area contributed by atoms with Crippen LogP contribution in [0.2, 0.25) is 5.02 Å². The van der Waals surface area contributed by atoms with Gasteiger partial charge in [0, 0.05) is 42.5 Å². The van der Waals surface area contributed by atoms with Gasteiger partial charge in [0.15, 0.2) is 0 Å². The predicted octanol–water partition coefficient (Wildman–Crippen LogP) is 2.28. The van der Waals surface area contributed by atoms with Gasteiger partial charge in [0.2, 0.25) is 11.8 Å². The van der Waals surface area contributed by atoms with Crippen molar-refractivity contribution in [1.82, 2.24) is 14.8 Å². The fourth-order valence-corrected chi connectivity index (χ4v) is 4.25. The Labute approximate surface area is 203 Å². The minimum atomic E-state index is -1.01. The Kier molecular flexibility index (Phi) is 7.87. The van der Waals surface area contributed by atoms with Gasteiger partial charge in [-0.15, -0.1) is 0 Å². The van der Waals surface area contributed by atoms with Crippen molar-refractivity contribution in [3.05, 3.63) is 53.2 Å². The molecule has 0 aliphatic carbocycles. The molecule has 0 spiro atoms. The number of amides is 2. The van der Waals surface area contributed by atoms with Gasteiger partial charge in [0.1, 0.15) is 18.0 Å². The van der Waals surface area contributed by atoms with Crippen LogP contribution in [0.15, 0.2) is 42.6 Å². The lowest BCUT2D eigenvalue weighted by molar-refractivity contribution is -0.155. The van der Waals surface area contributed by atoms with Gasteiger partial charge in [-0.3, -0.25) is 9.59 Å². The SMILES string of the molecule is COc1cc(C(=O)N2CCO[C@@](COc3cccc(Cl)c3)(CC(=O)N3CCOCC3)C2)ccn1. The molecule has 0 N–H and O–H groups in total. The molecule has 2 aliphatic heterocycles. The van der Waals surface area contributed by atoms with Crippen LogP contribution in [0.25, 0.3) is 0 Å². The summed E-state index contributed by atoms with van der Waals surface area (Å²) >= 11 is 6.09. The van der Waals surface area contributed by atoms with E-state index in [-0.39, 0.29) is 38.0 Å². The van der Waals surface area contributed by atoms with Gasteiger partial charge < -0.3 is 28.7 Å². The Bertz CT molecular complexity index is 1020. The van der Waals surface area contributed by atoms with E-state index in [0.717, 1.165) is 0 Å². The molecule has 1 aromatic heterocycles. The van der Waals surface area contributed by atoms with E-state index >= 15 is 0 Å². The molecule has 2 aromatic rings. The molecule has 3 heterocycles. The monoisotopic (exact) mass is 489 g/mol. The summed E-state index contributed by atoms with van der Waals surface area (Å²) in [4.78, 5) is 34.0. The number of nitrogens with zero attached hydrogens (tertiary/aromatic N) is 3. The minimum Gasteiger partial charge on any atom is -0.490 e. The highest BCUT2D eigenvalue weighted by Gasteiger charge is 2.42. The van der Waals surface area contributed by atoms with E-state index in [4.69, 9.17) is 30.5 Å². The fourth-order valence-electron chi connectivity index (χ4n) is 4.07. The molecular weight excluding hydrogens is 462 g/mol. The second-order valence-electron chi connectivity index (χ2n) is 8.26. The summed E-state index contributed by atoms with van der Waals surface area (Å²) in [6, 6.07) is 10.3. The van der Waals surface area contributed by atoms with Gasteiger partial charge in [-0.25, -0.2) is 4.98 Å². The topological polar surface area (TPSA) is 90.4 Å². The average molecular weight is 490 g/mol. The molecule has 34 heavy (non-hydrogen) atoms. The van der Waals surface area contributed by atoms with E-state index in [2.05, 4.69) is 4.98 Å². The molecule has 0 bridgehead atoms. The van der Waals surface area contributed by atoms with Gasteiger partial charge in [-0.05, 0) is 24.3 Å². The Hall–Kier alpha value is -2.88. The highest BCUT2D eigenvalue weighted by molar-refractivity contribution is 6.30. The summed E-state index contributed by atoms with van der Waals surface area (Å²) in [5, 5.41) is 0.545. The summed E-state index contributed by atoms with van der Waals surface area (Å²) < 4.78 is 22.7. The van der Waals surface area contributed by atoms with E-state index in [9.17, 15) is 9.59 Å². The molecule has 2 saturated heterocycles. The van der Waals surface area contributed by atoms with E-state index in [1.54, 1.807) is 46.2 Å². The predicted molar refractivity (Wildman–Crippen MR) is 124 cm³/mol. The van der Waals surface area contributed by atoms with Crippen LogP contribution in [0.1, 0.15) is 16.8 Å². The normalized spacial score (nSPS) is 20.6. The van der Waals surface area contributed by atoms with Crippen molar-refractivity contribution in [2.75, 3.05) is 59.7 Å². The smallest absolute Gasteiger partial charge is 0.254 e. The van der Waals surface area contributed by atoms with Crippen molar-refractivity contribution in [3.63, 3.8) is 0 Å². The third-order valence-electron chi connectivity index (χ3n) is 5.86. The number of rotatable bonds is 7. The maximum Gasteiger partial charge on any atom is 0.254 e. The van der Waals surface area contributed by atoms with E-state index < -0.39 is 5.60 Å². The molecule has 0 saturated carbocycles. The number of carbonyl (C=O) groups is 2. The van der Waals surface area contributed by atoms with Crippen LogP contribution in [0, 0.1) is 0 Å². The number of carbonyl (C=O) groups excluding carboxylic acids is 2. The van der Waals surface area contributed by atoms with Crippen molar-refractivity contribution < 1.29 is 28.5 Å². The van der Waals surface area contributed by atoms with Crippen LogP contribution < -0.4 is 9.47 Å². The number of hydrogen-bond acceptors (Lipinski definition) is 7. The first kappa shape index (κ1) is 24.3. The van der Waals surface area contributed by atoms with Crippen molar-refractivity contribution in [1.29, 1.82) is 0 Å². The molecular formula is C24H28ClN3O6. The number of morpholine rings is 2. The third kappa shape index (κ3) is 5.97. The zero-order chi connectivity index (χ0) is 24.0. The van der Waals surface area contributed by atoms with Crippen LogP contribution in [0.3, 0.4) is 0 Å². The number of hydrogen-bond donors (Lipinski definition) is 0. The average Bonchev–Trinajstić information content (AvgIpc) is 2.88. The molecule has 9 nitrogen and oxygen atoms in total. The Morgan fingerprint density at radius 2 is 1.91 bits per heavy atom. The quantitative estimate of drug-likeness (QED) is 0.589. The number of benzene rings is 1. The number of ether oxygens (including phenoxy) is 4. The fraction of sp³-hybridized carbons (Fsp3) is 0.458. The number of halogens is 1. The molecule has 2 amide bonds. The standard InChI is InChI=1S/C24H28ClN3O6/c1-31-21-13-18(5-6-26-21)23(30)28-9-12-34-24(16-28,15-22(29)27-7-10-32-11-8-27)17-33-20-4-2-3-19(25)14-20/h2-6,13-14H,7-12,15-17H2,1H3/t24-/m0/s1. The second-order valence-corrected chi connectivity index (χ2v) is 8.70. The Morgan fingerprint density at radius 3 is 2.68 bits per heavy atom. The Balaban J connectivity index is 1.54. The van der Waals surface area contributed by atoms with Crippen molar-refractivity contribution in [2.24, 2.45) is 0 Å². The first-order valence-electron chi connectivity index (χ1n) is 11.2. The molecule has 10 heteroatoms. The molecule has 4 rings (SSSR count). The second kappa shape index (κ2) is 11.0. The van der Waals surface area contributed by atoms with Gasteiger partial charge >= 0.3 is 0 Å². The van der Waals surface area contributed by atoms with E-state index in [1.807, 2.05) is 0 Å². The van der Waals surface area contributed by atoms with Gasteiger partial charge in [0.05, 0.1) is 39.9 Å². The lowest BCUT2D eigenvalue weighted by Gasteiger charge is -2.43. The maximum atomic E-state index is 13.3. The molecule has 0 unspecified atom stereocenters. The molecule has 0 radical (unpaired) electrons. The summed E-state index contributed by atoms with van der Waals surface area (Å²) in [7, 11) is 1.50. The van der Waals surface area contributed by atoms with Gasteiger partial charge in [-0.1, -0.05) is 17.7 Å². The highest BCUT2D eigenvalue weighted by atomic mass is 35.5. The van der Waals surface area contributed by atoms with Crippen LogP contribution >= 0.6 is 11.6 Å². The Morgan fingerprint density at radius 1 is 1.12 bits per heavy atom. The third-order valence-corrected chi connectivity index (χ3v) is 6.10. The first-order chi connectivity index (χ1) is 16.5. The summed E-state index contributed by atoms with van der Waals surface area (Å²) in [6.07, 6.45) is 1.61. The summed E-state index contributed by atoms with van der Waals surface area (Å²) in [5.41, 5.74) is -0.555. The van der Waals surface area contributed by atoms with E-state index in [1.165, 1.54) is 13.3 Å². The lowest BCUT2D eigenvalue weighted by Crippen LogP contribution is -2.58. The van der Waals surface area contributed by atoms with Gasteiger partial charge in [0.25, 0.3) is 5.91 Å². The minimum absolute atomic E-state index is 0.0575. The highest BCUT2D eigenvalue weighted by Crippen LogP contribution is 2.27. The number of methoxy groups -OCH3 is 1. The largest absolute Gasteiger partial charge is 0.490 e. The summed E-state index contributed by atoms with van der Waals surface area (Å²) in [5.74, 6) is 0.682. The zero-order valence-corrected chi connectivity index (χ0v) is 19.8. The zero-order valence-electron chi connectivity index (χ0n) is 19.1. The van der Waals surface area contributed by atoms with Crippen molar-refractivity contribution in [3.8, 4) is 11.6 Å². The van der Waals surface area contributed by atoms with Crippen LogP contribution in [0.5, 0.6) is 11.6 Å². The maximum absolute atomic E-state index is 13.3.